The lowest BCUT2D eigenvalue weighted by atomic mass is 10.00. The summed E-state index contributed by atoms with van der Waals surface area (Å²) in [7, 11) is 1.84. The third kappa shape index (κ3) is 3.22. The normalized spacial score (nSPS) is 12.2. The molecular formula is C16H19ClN7+. The molecule has 0 aliphatic rings. The van der Waals surface area contributed by atoms with Crippen molar-refractivity contribution in [2.75, 3.05) is 5.32 Å². The van der Waals surface area contributed by atoms with E-state index in [4.69, 9.17) is 11.6 Å². The second kappa shape index (κ2) is 6.54. The number of benzene rings is 1. The maximum Gasteiger partial charge on any atom is 0.230 e. The molecule has 0 fully saturated rings. The first-order valence-electron chi connectivity index (χ1n) is 7.53. The molecule has 0 saturated carbocycles. The van der Waals surface area contributed by atoms with E-state index < -0.39 is 0 Å². The number of hydrogen-bond acceptors (Lipinski definition) is 5. The Morgan fingerprint density at radius 1 is 1.29 bits per heavy atom. The van der Waals surface area contributed by atoms with Gasteiger partial charge in [-0.15, -0.1) is 0 Å². The van der Waals surface area contributed by atoms with E-state index in [1.54, 1.807) is 10.9 Å². The largest absolute Gasteiger partial charge is 0.352 e. The van der Waals surface area contributed by atoms with Gasteiger partial charge in [-0.1, -0.05) is 17.7 Å². The number of nitrogens with zero attached hydrogens (tertiary/aromatic N) is 5. The van der Waals surface area contributed by atoms with Gasteiger partial charge in [0.1, 0.15) is 12.4 Å². The lowest BCUT2D eigenvalue weighted by Crippen LogP contribution is -2.52. The second-order valence-corrected chi connectivity index (χ2v) is 6.08. The number of nitrogens with one attached hydrogen (secondary N) is 1. The lowest BCUT2D eigenvalue weighted by Gasteiger charge is -2.12. The number of aryl methyl sites for hydroxylation is 1. The molecule has 0 saturated heterocycles. The number of anilines is 2. The van der Waals surface area contributed by atoms with E-state index in [2.05, 4.69) is 31.1 Å². The third-order valence-electron chi connectivity index (χ3n) is 3.73. The van der Waals surface area contributed by atoms with Gasteiger partial charge in [-0.2, -0.15) is 10.1 Å². The van der Waals surface area contributed by atoms with Crippen LogP contribution in [0.5, 0.6) is 0 Å². The monoisotopic (exact) mass is 344 g/mol. The van der Waals surface area contributed by atoms with Gasteiger partial charge in [0.15, 0.2) is 5.82 Å². The molecule has 1 aromatic carbocycles. The topological polar surface area (TPSA) is 96.2 Å². The second-order valence-electron chi connectivity index (χ2n) is 5.70. The maximum absolute atomic E-state index is 6.53. The first-order chi connectivity index (χ1) is 11.5. The van der Waals surface area contributed by atoms with Gasteiger partial charge in [-0.25, -0.2) is 9.97 Å². The Kier molecular flexibility index (Phi) is 4.46. The predicted octanol–water partition coefficient (Wildman–Crippen LogP) is 2.28. The minimum absolute atomic E-state index is 0.165. The molecule has 24 heavy (non-hydrogen) atoms. The zero-order chi connectivity index (χ0) is 17.3. The summed E-state index contributed by atoms with van der Waals surface area (Å²) in [6, 6.07) is 4.11. The molecular weight excluding hydrogens is 326 g/mol. The molecule has 0 spiro atoms. The van der Waals surface area contributed by atoms with Crippen LogP contribution in [0, 0.1) is 6.92 Å². The molecule has 2 aromatic heterocycles. The highest BCUT2D eigenvalue weighted by Crippen LogP contribution is 2.32. The third-order valence-corrected chi connectivity index (χ3v) is 4.22. The summed E-state index contributed by atoms with van der Waals surface area (Å²) in [5, 5.41) is 7.84. The van der Waals surface area contributed by atoms with Gasteiger partial charge in [-0.05, 0) is 25.5 Å². The molecule has 0 unspecified atom stereocenters. The molecule has 8 heteroatoms. The fourth-order valence-corrected chi connectivity index (χ4v) is 2.76. The Hall–Kier alpha value is -2.51. The molecule has 0 aliphatic carbocycles. The Labute approximate surface area is 144 Å². The van der Waals surface area contributed by atoms with Crippen LogP contribution in [0.4, 0.5) is 11.6 Å². The van der Waals surface area contributed by atoms with Crippen molar-refractivity contribution in [3.63, 3.8) is 0 Å². The van der Waals surface area contributed by atoms with Crippen molar-refractivity contribution in [1.82, 2.24) is 24.7 Å². The average molecular weight is 345 g/mol. The standard InChI is InChI=1S/C16H18ClN7/c1-9-12(10(2)18)4-5-13(14(9)17)15-19-8-20-16(23-15)22-11-6-21-24(3)7-11/h4-8,10H,18H2,1-3H3,(H,19,20,22,23)/p+1/t10-/m1/s1. The fourth-order valence-electron chi connectivity index (χ4n) is 2.51. The van der Waals surface area contributed by atoms with Crippen molar-refractivity contribution >= 4 is 23.2 Å². The number of rotatable bonds is 4. The Bertz CT molecular complexity index is 873. The SMILES string of the molecule is Cc1c([C@@H](C)[NH3+])ccc(-c2ncnc(Nc3cnn(C)c3)n2)c1Cl. The van der Waals surface area contributed by atoms with E-state index in [0.29, 0.717) is 16.8 Å². The van der Waals surface area contributed by atoms with Crippen molar-refractivity contribution in [2.45, 2.75) is 19.9 Å². The van der Waals surface area contributed by atoms with E-state index >= 15 is 0 Å². The van der Waals surface area contributed by atoms with E-state index in [1.807, 2.05) is 39.2 Å². The van der Waals surface area contributed by atoms with Crippen LogP contribution >= 0.6 is 11.6 Å². The summed E-state index contributed by atoms with van der Waals surface area (Å²) in [5.41, 5.74) is 7.75. The maximum atomic E-state index is 6.53. The Morgan fingerprint density at radius 3 is 2.75 bits per heavy atom. The summed E-state index contributed by atoms with van der Waals surface area (Å²) < 4.78 is 1.70. The van der Waals surface area contributed by atoms with Crippen LogP contribution in [0.15, 0.2) is 30.9 Å². The smallest absolute Gasteiger partial charge is 0.230 e. The van der Waals surface area contributed by atoms with Crippen LogP contribution in [0.25, 0.3) is 11.4 Å². The van der Waals surface area contributed by atoms with Gasteiger partial charge < -0.3 is 11.1 Å². The van der Waals surface area contributed by atoms with Crippen LogP contribution in [0.1, 0.15) is 24.1 Å². The summed E-state index contributed by atoms with van der Waals surface area (Å²) in [4.78, 5) is 12.8. The molecule has 0 radical (unpaired) electrons. The van der Waals surface area contributed by atoms with E-state index in [1.165, 1.54) is 6.33 Å². The molecule has 1 atom stereocenters. The van der Waals surface area contributed by atoms with Crippen molar-refractivity contribution in [3.8, 4) is 11.4 Å². The highest BCUT2D eigenvalue weighted by atomic mass is 35.5. The number of hydrogen-bond donors (Lipinski definition) is 2. The number of quaternary nitrogens is 1. The van der Waals surface area contributed by atoms with Crippen molar-refractivity contribution in [3.05, 3.63) is 47.0 Å². The quantitative estimate of drug-likeness (QED) is 0.757. The number of halogens is 1. The zero-order valence-corrected chi connectivity index (χ0v) is 14.5. The highest BCUT2D eigenvalue weighted by Gasteiger charge is 2.16. The summed E-state index contributed by atoms with van der Waals surface area (Å²) in [5.74, 6) is 0.962. The predicted molar refractivity (Wildman–Crippen MR) is 92.8 cm³/mol. The van der Waals surface area contributed by atoms with Gasteiger partial charge in [0.25, 0.3) is 0 Å². The fraction of sp³-hybridized carbons (Fsp3) is 0.250. The van der Waals surface area contributed by atoms with Crippen LogP contribution in [0.2, 0.25) is 5.02 Å². The molecule has 0 amide bonds. The average Bonchev–Trinajstić information content (AvgIpc) is 2.95. The van der Waals surface area contributed by atoms with E-state index in [0.717, 1.165) is 22.4 Å². The molecule has 7 nitrogen and oxygen atoms in total. The highest BCUT2D eigenvalue weighted by molar-refractivity contribution is 6.34. The van der Waals surface area contributed by atoms with Crippen LogP contribution in [0.3, 0.4) is 0 Å². The van der Waals surface area contributed by atoms with Gasteiger partial charge in [-0.3, -0.25) is 4.68 Å². The number of aromatic nitrogens is 5. The molecule has 0 aliphatic heterocycles. The Balaban J connectivity index is 1.95. The first kappa shape index (κ1) is 16.4. The minimum Gasteiger partial charge on any atom is -0.352 e. The van der Waals surface area contributed by atoms with Crippen molar-refractivity contribution in [2.24, 2.45) is 7.05 Å². The molecule has 2 heterocycles. The Morgan fingerprint density at radius 2 is 2.08 bits per heavy atom. The van der Waals surface area contributed by atoms with Crippen LogP contribution in [-0.2, 0) is 7.05 Å². The van der Waals surface area contributed by atoms with Gasteiger partial charge >= 0.3 is 0 Å². The summed E-state index contributed by atoms with van der Waals surface area (Å²) >= 11 is 6.53. The summed E-state index contributed by atoms with van der Waals surface area (Å²) in [6.07, 6.45) is 5.00. The van der Waals surface area contributed by atoms with Gasteiger partial charge in [0.2, 0.25) is 5.95 Å². The van der Waals surface area contributed by atoms with Gasteiger partial charge in [0.05, 0.1) is 16.9 Å². The molecule has 124 valence electrons. The first-order valence-corrected chi connectivity index (χ1v) is 7.90. The van der Waals surface area contributed by atoms with Crippen LogP contribution in [-0.4, -0.2) is 24.7 Å². The van der Waals surface area contributed by atoms with Crippen LogP contribution < -0.4 is 11.1 Å². The molecule has 3 rings (SSSR count). The molecule has 0 bridgehead atoms. The van der Waals surface area contributed by atoms with Gasteiger partial charge in [0, 0.05) is 24.4 Å². The zero-order valence-electron chi connectivity index (χ0n) is 13.8. The summed E-state index contributed by atoms with van der Waals surface area (Å²) in [6.45, 7) is 4.02. The minimum atomic E-state index is 0.165. The van der Waals surface area contributed by atoms with E-state index in [-0.39, 0.29) is 6.04 Å². The molecule has 3 aromatic rings. The lowest BCUT2D eigenvalue weighted by molar-refractivity contribution is -0.420. The van der Waals surface area contributed by atoms with E-state index in [9.17, 15) is 0 Å². The van der Waals surface area contributed by atoms with Crippen molar-refractivity contribution in [1.29, 1.82) is 0 Å². The van der Waals surface area contributed by atoms with Crippen molar-refractivity contribution < 1.29 is 5.73 Å². The molecule has 4 N–H and O–H groups in total.